The number of hydrogen-bond acceptors (Lipinski definition) is 3. The monoisotopic (exact) mass is 291 g/mol. The molecule has 2 aromatic rings. The van der Waals surface area contributed by atoms with E-state index < -0.39 is 6.10 Å². The van der Waals surface area contributed by atoms with E-state index in [-0.39, 0.29) is 5.41 Å². The molecule has 0 aliphatic heterocycles. The molecule has 1 atom stereocenters. The van der Waals surface area contributed by atoms with Crippen LogP contribution in [0.1, 0.15) is 26.3 Å². The van der Waals surface area contributed by atoms with Gasteiger partial charge in [0.25, 0.3) is 0 Å². The molecule has 1 aromatic carbocycles. The van der Waals surface area contributed by atoms with Gasteiger partial charge in [0.05, 0.1) is 5.70 Å². The molecule has 1 unspecified atom stereocenters. The summed E-state index contributed by atoms with van der Waals surface area (Å²) in [6.07, 6.45) is 4.15. The van der Waals surface area contributed by atoms with Crippen LogP contribution in [-0.4, -0.2) is 26.0 Å². The van der Waals surface area contributed by atoms with E-state index in [1.54, 1.807) is 11.0 Å². The van der Waals surface area contributed by atoms with Crippen molar-refractivity contribution in [3.63, 3.8) is 0 Å². The van der Waals surface area contributed by atoms with E-state index >= 15 is 0 Å². The molecule has 1 N–H and O–H groups in total. The van der Waals surface area contributed by atoms with Gasteiger partial charge in [-0.1, -0.05) is 50.6 Å². The number of halogens is 1. The van der Waals surface area contributed by atoms with E-state index in [0.717, 1.165) is 5.56 Å². The maximum Gasteiger partial charge on any atom is 0.138 e. The Morgan fingerprint density at radius 2 is 2.05 bits per heavy atom. The molecule has 0 saturated carbocycles. The first-order valence-corrected chi connectivity index (χ1v) is 6.76. The summed E-state index contributed by atoms with van der Waals surface area (Å²) >= 11 is 6.18. The van der Waals surface area contributed by atoms with Gasteiger partial charge in [0.1, 0.15) is 18.8 Å². The van der Waals surface area contributed by atoms with E-state index in [2.05, 4.69) is 10.1 Å². The number of hydrogen-bond donors (Lipinski definition) is 1. The molecular formula is C15H18ClN3O. The molecule has 106 valence electrons. The van der Waals surface area contributed by atoms with E-state index in [4.69, 9.17) is 11.6 Å². The Hall–Kier alpha value is -1.65. The van der Waals surface area contributed by atoms with Crippen molar-refractivity contribution in [3.8, 4) is 0 Å². The van der Waals surface area contributed by atoms with Crippen molar-refractivity contribution in [1.29, 1.82) is 0 Å². The van der Waals surface area contributed by atoms with Crippen LogP contribution in [0.5, 0.6) is 0 Å². The third-order valence-corrected chi connectivity index (χ3v) is 3.34. The average Bonchev–Trinajstić information content (AvgIpc) is 2.89. The van der Waals surface area contributed by atoms with Crippen molar-refractivity contribution in [3.05, 3.63) is 47.5 Å². The van der Waals surface area contributed by atoms with Crippen molar-refractivity contribution in [1.82, 2.24) is 14.8 Å². The molecule has 1 heterocycles. The fourth-order valence-corrected chi connectivity index (χ4v) is 2.00. The predicted octanol–water partition coefficient (Wildman–Crippen LogP) is 3.34. The molecule has 4 nitrogen and oxygen atoms in total. The lowest BCUT2D eigenvalue weighted by Crippen LogP contribution is -2.29. The van der Waals surface area contributed by atoms with E-state index in [1.165, 1.54) is 6.33 Å². The first kappa shape index (κ1) is 14.8. The minimum Gasteiger partial charge on any atom is -0.386 e. The minimum absolute atomic E-state index is 0.320. The van der Waals surface area contributed by atoms with Gasteiger partial charge < -0.3 is 5.11 Å². The van der Waals surface area contributed by atoms with Gasteiger partial charge in [0.2, 0.25) is 0 Å². The maximum atomic E-state index is 10.6. The van der Waals surface area contributed by atoms with E-state index in [9.17, 15) is 5.11 Å². The maximum absolute atomic E-state index is 10.6. The number of aliphatic hydroxyl groups excluding tert-OH is 1. The van der Waals surface area contributed by atoms with Crippen LogP contribution in [0.3, 0.4) is 0 Å². The zero-order valence-corrected chi connectivity index (χ0v) is 12.5. The SMILES string of the molecule is CC(C)(C)C(O)C(=Cc1ccccc1Cl)n1cncn1. The summed E-state index contributed by atoms with van der Waals surface area (Å²) in [4.78, 5) is 3.94. The summed E-state index contributed by atoms with van der Waals surface area (Å²) in [6.45, 7) is 5.90. The van der Waals surface area contributed by atoms with Gasteiger partial charge in [-0.15, -0.1) is 0 Å². The van der Waals surface area contributed by atoms with Gasteiger partial charge in [0, 0.05) is 5.02 Å². The van der Waals surface area contributed by atoms with Crippen LogP contribution in [-0.2, 0) is 0 Å². The van der Waals surface area contributed by atoms with Crippen molar-refractivity contribution in [2.75, 3.05) is 0 Å². The summed E-state index contributed by atoms with van der Waals surface area (Å²) in [6, 6.07) is 7.49. The molecule has 0 fully saturated rings. The van der Waals surface area contributed by atoms with Gasteiger partial charge in [-0.2, -0.15) is 5.10 Å². The summed E-state index contributed by atoms with van der Waals surface area (Å²) in [5.41, 5.74) is 1.16. The molecule has 0 bridgehead atoms. The molecule has 0 aliphatic carbocycles. The molecule has 1 aromatic heterocycles. The molecule has 0 saturated heterocycles. The second kappa shape index (κ2) is 5.77. The van der Waals surface area contributed by atoms with E-state index in [1.807, 2.05) is 51.1 Å². The Morgan fingerprint density at radius 3 is 2.60 bits per heavy atom. The molecule has 0 aliphatic rings. The van der Waals surface area contributed by atoms with Crippen LogP contribution in [0.15, 0.2) is 36.9 Å². The third kappa shape index (κ3) is 3.26. The Balaban J connectivity index is 2.51. The number of nitrogens with zero attached hydrogens (tertiary/aromatic N) is 3. The van der Waals surface area contributed by atoms with Gasteiger partial charge >= 0.3 is 0 Å². The zero-order valence-electron chi connectivity index (χ0n) is 11.8. The Kier molecular flexibility index (Phi) is 4.26. The van der Waals surface area contributed by atoms with Crippen LogP contribution in [0.25, 0.3) is 11.8 Å². The highest BCUT2D eigenvalue weighted by molar-refractivity contribution is 6.32. The normalized spacial score (nSPS) is 14.3. The summed E-state index contributed by atoms with van der Waals surface area (Å²) < 4.78 is 1.57. The molecule has 0 radical (unpaired) electrons. The van der Waals surface area contributed by atoms with Crippen LogP contribution in [0, 0.1) is 5.41 Å². The van der Waals surface area contributed by atoms with Crippen LogP contribution >= 0.6 is 11.6 Å². The van der Waals surface area contributed by atoms with Gasteiger partial charge in [0.15, 0.2) is 0 Å². The summed E-state index contributed by atoms with van der Waals surface area (Å²) in [5.74, 6) is 0. The van der Waals surface area contributed by atoms with Crippen LogP contribution in [0.4, 0.5) is 0 Å². The van der Waals surface area contributed by atoms with Crippen molar-refractivity contribution in [2.45, 2.75) is 26.9 Å². The quantitative estimate of drug-likeness (QED) is 0.943. The van der Waals surface area contributed by atoms with Gasteiger partial charge in [-0.05, 0) is 23.1 Å². The van der Waals surface area contributed by atoms with Crippen LogP contribution < -0.4 is 0 Å². The smallest absolute Gasteiger partial charge is 0.138 e. The number of benzene rings is 1. The third-order valence-electron chi connectivity index (χ3n) is 2.99. The average molecular weight is 292 g/mol. The Labute approximate surface area is 123 Å². The second-order valence-electron chi connectivity index (χ2n) is 5.70. The fourth-order valence-electron chi connectivity index (χ4n) is 1.81. The second-order valence-corrected chi connectivity index (χ2v) is 6.11. The minimum atomic E-state index is -0.694. The molecule has 5 heteroatoms. The standard InChI is InChI=1S/C15H18ClN3O/c1-15(2,3)14(20)13(19-10-17-9-18-19)8-11-6-4-5-7-12(11)16/h4-10,14,20H,1-3H3. The highest BCUT2D eigenvalue weighted by Crippen LogP contribution is 2.29. The zero-order chi connectivity index (χ0) is 14.8. The highest BCUT2D eigenvalue weighted by Gasteiger charge is 2.27. The first-order chi connectivity index (χ1) is 9.39. The Morgan fingerprint density at radius 1 is 1.35 bits per heavy atom. The number of aliphatic hydroxyl groups is 1. The molecular weight excluding hydrogens is 274 g/mol. The lowest BCUT2D eigenvalue weighted by Gasteiger charge is -2.28. The topological polar surface area (TPSA) is 50.9 Å². The Bertz CT molecular complexity index is 600. The van der Waals surface area contributed by atoms with Gasteiger partial charge in [-0.3, -0.25) is 0 Å². The summed E-state index contributed by atoms with van der Waals surface area (Å²) in [5, 5.41) is 15.3. The molecule has 0 amide bonds. The number of aromatic nitrogens is 3. The fraction of sp³-hybridized carbons (Fsp3) is 0.333. The van der Waals surface area contributed by atoms with Crippen molar-refractivity contribution in [2.24, 2.45) is 5.41 Å². The number of rotatable bonds is 3. The van der Waals surface area contributed by atoms with E-state index in [0.29, 0.717) is 10.7 Å². The molecule has 0 spiro atoms. The van der Waals surface area contributed by atoms with Crippen molar-refractivity contribution < 1.29 is 5.11 Å². The van der Waals surface area contributed by atoms with Crippen molar-refractivity contribution >= 4 is 23.4 Å². The van der Waals surface area contributed by atoms with Gasteiger partial charge in [-0.25, -0.2) is 9.67 Å². The summed E-state index contributed by atoms with van der Waals surface area (Å²) in [7, 11) is 0. The lowest BCUT2D eigenvalue weighted by atomic mass is 9.86. The largest absolute Gasteiger partial charge is 0.386 e. The molecule has 2 rings (SSSR count). The first-order valence-electron chi connectivity index (χ1n) is 6.39. The molecule has 20 heavy (non-hydrogen) atoms. The van der Waals surface area contributed by atoms with Crippen LogP contribution in [0.2, 0.25) is 5.02 Å². The predicted molar refractivity (Wildman–Crippen MR) is 81.1 cm³/mol. The highest BCUT2D eigenvalue weighted by atomic mass is 35.5. The lowest BCUT2D eigenvalue weighted by molar-refractivity contribution is 0.109.